The second kappa shape index (κ2) is 10.2. The van der Waals surface area contributed by atoms with E-state index in [0.29, 0.717) is 24.0 Å². The number of aromatic nitrogens is 3. The first-order valence-electron chi connectivity index (χ1n) is 11.1. The first kappa shape index (κ1) is 24.3. The van der Waals surface area contributed by atoms with Crippen LogP contribution in [0.3, 0.4) is 0 Å². The summed E-state index contributed by atoms with van der Waals surface area (Å²) in [6.45, 7) is 4.54. The van der Waals surface area contributed by atoms with Crippen LogP contribution in [-0.2, 0) is 14.6 Å². The minimum atomic E-state index is -3.06. The normalized spacial score (nSPS) is 17.0. The minimum absolute atomic E-state index is 0.0276. The molecule has 0 bridgehead atoms. The number of benzene rings is 2. The van der Waals surface area contributed by atoms with Gasteiger partial charge in [-0.05, 0) is 50.6 Å². The molecule has 0 unspecified atom stereocenters. The lowest BCUT2D eigenvalue weighted by Gasteiger charge is -2.23. The number of amides is 1. The zero-order valence-electron chi connectivity index (χ0n) is 19.5. The summed E-state index contributed by atoms with van der Waals surface area (Å²) in [6, 6.07) is 15.4. The van der Waals surface area contributed by atoms with Crippen LogP contribution in [0.1, 0.15) is 18.9 Å². The van der Waals surface area contributed by atoms with Gasteiger partial charge in [0.25, 0.3) is 0 Å². The molecule has 2 heterocycles. The van der Waals surface area contributed by atoms with Gasteiger partial charge < -0.3 is 9.64 Å². The maximum Gasteiger partial charge on any atom is 0.233 e. The Balaban J connectivity index is 1.60. The third kappa shape index (κ3) is 5.44. The van der Waals surface area contributed by atoms with E-state index in [2.05, 4.69) is 10.2 Å². The van der Waals surface area contributed by atoms with E-state index in [1.54, 1.807) is 11.9 Å². The maximum absolute atomic E-state index is 12.8. The molecule has 10 heteroatoms. The highest BCUT2D eigenvalue weighted by atomic mass is 32.2. The molecule has 4 rings (SSSR count). The molecule has 2 aromatic carbocycles. The van der Waals surface area contributed by atoms with E-state index in [1.807, 2.05) is 66.9 Å². The van der Waals surface area contributed by atoms with Gasteiger partial charge in [-0.1, -0.05) is 35.5 Å². The number of hydrogen-bond donors (Lipinski definition) is 0. The Hall–Kier alpha value is -2.85. The summed E-state index contributed by atoms with van der Waals surface area (Å²) in [5.41, 5.74) is 2.89. The number of nitrogens with zero attached hydrogens (tertiary/aromatic N) is 4. The predicted octanol–water partition coefficient (Wildman–Crippen LogP) is 3.38. The topological polar surface area (TPSA) is 94.4 Å². The summed E-state index contributed by atoms with van der Waals surface area (Å²) >= 11 is 1.29. The van der Waals surface area contributed by atoms with Crippen LogP contribution in [0.5, 0.6) is 5.75 Å². The number of carbonyl (C=O) groups excluding carboxylic acids is 1. The summed E-state index contributed by atoms with van der Waals surface area (Å²) in [5, 5.41) is 9.41. The van der Waals surface area contributed by atoms with E-state index >= 15 is 0 Å². The monoisotopic (exact) mass is 500 g/mol. The van der Waals surface area contributed by atoms with Gasteiger partial charge in [-0.15, -0.1) is 10.2 Å². The Bertz CT molecular complexity index is 1270. The largest absolute Gasteiger partial charge is 0.494 e. The molecule has 34 heavy (non-hydrogen) atoms. The zero-order chi connectivity index (χ0) is 24.3. The van der Waals surface area contributed by atoms with Crippen molar-refractivity contribution < 1.29 is 17.9 Å². The van der Waals surface area contributed by atoms with Crippen LogP contribution in [0.2, 0.25) is 0 Å². The molecule has 3 aromatic rings. The van der Waals surface area contributed by atoms with Crippen LogP contribution in [0, 0.1) is 6.92 Å². The van der Waals surface area contributed by atoms with Gasteiger partial charge >= 0.3 is 0 Å². The third-order valence-corrected chi connectivity index (χ3v) is 8.45. The second-order valence-electron chi connectivity index (χ2n) is 8.29. The van der Waals surface area contributed by atoms with Crippen molar-refractivity contribution >= 4 is 27.5 Å². The lowest BCUT2D eigenvalue weighted by atomic mass is 10.1. The molecule has 1 aliphatic heterocycles. The minimum Gasteiger partial charge on any atom is -0.494 e. The van der Waals surface area contributed by atoms with Crippen molar-refractivity contribution in [3.05, 3.63) is 54.1 Å². The van der Waals surface area contributed by atoms with E-state index in [4.69, 9.17) is 4.74 Å². The summed E-state index contributed by atoms with van der Waals surface area (Å²) in [5.74, 6) is 1.61. The number of thioether (sulfide) groups is 1. The molecule has 1 amide bonds. The van der Waals surface area contributed by atoms with Crippen molar-refractivity contribution in [3.63, 3.8) is 0 Å². The van der Waals surface area contributed by atoms with Crippen molar-refractivity contribution in [3.8, 4) is 22.8 Å². The van der Waals surface area contributed by atoms with Gasteiger partial charge in [-0.25, -0.2) is 8.42 Å². The molecular formula is C24H28N4O4S2. The van der Waals surface area contributed by atoms with E-state index in [1.165, 1.54) is 11.8 Å². The highest BCUT2D eigenvalue weighted by Gasteiger charge is 2.32. The van der Waals surface area contributed by atoms with Gasteiger partial charge in [0, 0.05) is 24.3 Å². The van der Waals surface area contributed by atoms with Gasteiger partial charge in [0.05, 0.1) is 23.9 Å². The van der Waals surface area contributed by atoms with Crippen molar-refractivity contribution in [2.24, 2.45) is 0 Å². The first-order valence-corrected chi connectivity index (χ1v) is 13.9. The molecule has 1 aliphatic rings. The van der Waals surface area contributed by atoms with Crippen LogP contribution in [0.25, 0.3) is 17.1 Å². The molecule has 0 aliphatic carbocycles. The van der Waals surface area contributed by atoms with Gasteiger partial charge in [0.1, 0.15) is 5.75 Å². The number of hydrogen-bond acceptors (Lipinski definition) is 7. The fourth-order valence-corrected chi connectivity index (χ4v) is 6.59. The number of ether oxygens (including phenoxy) is 1. The van der Waals surface area contributed by atoms with Crippen molar-refractivity contribution in [2.45, 2.75) is 31.5 Å². The highest BCUT2D eigenvalue weighted by Crippen LogP contribution is 2.30. The first-order chi connectivity index (χ1) is 16.3. The van der Waals surface area contributed by atoms with E-state index in [9.17, 15) is 13.2 Å². The van der Waals surface area contributed by atoms with Crippen molar-refractivity contribution in [1.82, 2.24) is 19.7 Å². The average Bonchev–Trinajstić information content (AvgIpc) is 3.40. The number of carbonyl (C=O) groups is 1. The molecule has 0 saturated carbocycles. The van der Waals surface area contributed by atoms with Crippen LogP contribution in [0.15, 0.2) is 53.7 Å². The fourth-order valence-electron chi connectivity index (χ4n) is 3.94. The Morgan fingerprint density at radius 2 is 1.97 bits per heavy atom. The number of aryl methyl sites for hydroxylation is 1. The van der Waals surface area contributed by atoms with Crippen LogP contribution in [0.4, 0.5) is 0 Å². The molecule has 0 spiro atoms. The molecule has 1 atom stereocenters. The summed E-state index contributed by atoms with van der Waals surface area (Å²) in [7, 11) is -1.39. The summed E-state index contributed by atoms with van der Waals surface area (Å²) in [4.78, 5) is 14.4. The molecule has 1 fully saturated rings. The number of sulfone groups is 1. The predicted molar refractivity (Wildman–Crippen MR) is 133 cm³/mol. The summed E-state index contributed by atoms with van der Waals surface area (Å²) < 4.78 is 31.1. The molecule has 0 radical (unpaired) electrons. The molecule has 0 N–H and O–H groups in total. The van der Waals surface area contributed by atoms with E-state index in [0.717, 1.165) is 22.6 Å². The lowest BCUT2D eigenvalue weighted by Crippen LogP contribution is -2.38. The number of rotatable bonds is 8. The third-order valence-electron chi connectivity index (χ3n) is 5.79. The van der Waals surface area contributed by atoms with Gasteiger partial charge in [-0.3, -0.25) is 9.36 Å². The molecule has 1 saturated heterocycles. The van der Waals surface area contributed by atoms with Gasteiger partial charge in [-0.2, -0.15) is 0 Å². The molecule has 180 valence electrons. The lowest BCUT2D eigenvalue weighted by molar-refractivity contribution is -0.128. The van der Waals surface area contributed by atoms with Crippen molar-refractivity contribution in [1.29, 1.82) is 0 Å². The zero-order valence-corrected chi connectivity index (χ0v) is 21.1. The quantitative estimate of drug-likeness (QED) is 0.438. The molecule has 1 aromatic heterocycles. The Labute approximate surface area is 204 Å². The molecular weight excluding hydrogens is 472 g/mol. The van der Waals surface area contributed by atoms with Crippen LogP contribution >= 0.6 is 11.8 Å². The summed E-state index contributed by atoms with van der Waals surface area (Å²) in [6.07, 6.45) is 0.481. The van der Waals surface area contributed by atoms with Crippen LogP contribution < -0.4 is 4.74 Å². The fraction of sp³-hybridized carbons (Fsp3) is 0.375. The van der Waals surface area contributed by atoms with E-state index in [-0.39, 0.29) is 29.2 Å². The standard InChI is InChI=1S/C24H28N4O4S2/c1-4-32-21-10-8-19(9-11-21)28-23(18-7-5-6-17(2)14-18)25-26-24(28)33-15-22(29)27(3)20-12-13-34(30,31)16-20/h5-11,14,20H,4,12-13,15-16H2,1-3H3/t20-/m1/s1. The van der Waals surface area contributed by atoms with Crippen molar-refractivity contribution in [2.75, 3.05) is 30.9 Å². The van der Waals surface area contributed by atoms with Crippen LogP contribution in [-0.4, -0.2) is 70.9 Å². The Morgan fingerprint density at radius 1 is 1.21 bits per heavy atom. The Morgan fingerprint density at radius 3 is 2.62 bits per heavy atom. The van der Waals surface area contributed by atoms with Gasteiger partial charge in [0.15, 0.2) is 20.8 Å². The second-order valence-corrected chi connectivity index (χ2v) is 11.5. The van der Waals surface area contributed by atoms with E-state index < -0.39 is 9.84 Å². The highest BCUT2D eigenvalue weighted by molar-refractivity contribution is 7.99. The smallest absolute Gasteiger partial charge is 0.233 e. The molecule has 8 nitrogen and oxygen atoms in total. The Kier molecular flexibility index (Phi) is 7.27. The maximum atomic E-state index is 12.8. The average molecular weight is 501 g/mol. The SMILES string of the molecule is CCOc1ccc(-n2c(SCC(=O)N(C)[C@@H]3CCS(=O)(=O)C3)nnc2-c2cccc(C)c2)cc1. The van der Waals surface area contributed by atoms with Gasteiger partial charge in [0.2, 0.25) is 5.91 Å².